The lowest BCUT2D eigenvalue weighted by molar-refractivity contribution is -0.161. The second-order valence-electron chi connectivity index (χ2n) is 12.5. The van der Waals surface area contributed by atoms with Crippen molar-refractivity contribution in [1.82, 2.24) is 29.2 Å². The Morgan fingerprint density at radius 2 is 1.67 bits per heavy atom. The molecule has 11 heteroatoms. The summed E-state index contributed by atoms with van der Waals surface area (Å²) in [7, 11) is -3.53. The number of unbranched alkanes of at least 4 members (excludes halogenated alkanes) is 1. The number of sulfonamides is 1. The molecule has 43 heavy (non-hydrogen) atoms. The van der Waals surface area contributed by atoms with Gasteiger partial charge in [-0.15, -0.1) is 0 Å². The Morgan fingerprint density at radius 3 is 2.23 bits per heavy atom. The summed E-state index contributed by atoms with van der Waals surface area (Å²) in [5, 5.41) is 7.89. The van der Waals surface area contributed by atoms with Gasteiger partial charge in [-0.05, 0) is 69.7 Å². The van der Waals surface area contributed by atoms with Crippen LogP contribution in [0.25, 0.3) is 5.69 Å². The van der Waals surface area contributed by atoms with Gasteiger partial charge in [0.1, 0.15) is 11.6 Å². The van der Waals surface area contributed by atoms with E-state index in [-0.39, 0.29) is 16.7 Å². The van der Waals surface area contributed by atoms with Crippen LogP contribution in [0.4, 0.5) is 0 Å². The standard InChI is InChI=1S/C32H50N6O4S/c1-8-11-18-37-30(39)29(21-23(4)5)33-31(40)32(37)16-19-35(20-17-32)22-28-24(6)34-38(25(28)7)26-12-14-27(15-13-26)43(41,42)36(9-2)10-3/h12-15,23,29H,8-11,16-22H2,1-7H3,(H,33,40). The number of amides is 2. The Morgan fingerprint density at radius 1 is 1.05 bits per heavy atom. The van der Waals surface area contributed by atoms with Gasteiger partial charge in [0.05, 0.1) is 16.3 Å². The molecule has 3 heterocycles. The van der Waals surface area contributed by atoms with Gasteiger partial charge in [-0.25, -0.2) is 13.1 Å². The Labute approximate surface area is 257 Å². The van der Waals surface area contributed by atoms with Gasteiger partial charge in [0, 0.05) is 50.5 Å². The van der Waals surface area contributed by atoms with Crippen molar-refractivity contribution in [2.45, 2.75) is 104 Å². The SMILES string of the molecule is CCCCN1C(=O)C(CC(C)C)NC(=O)C12CCN(Cc1c(C)nn(-c3ccc(S(=O)(=O)N(CC)CC)cc3)c1C)CC2. The summed E-state index contributed by atoms with van der Waals surface area (Å²) in [6.45, 7) is 17.6. The summed E-state index contributed by atoms with van der Waals surface area (Å²) >= 11 is 0. The highest BCUT2D eigenvalue weighted by atomic mass is 32.2. The number of nitrogens with zero attached hydrogens (tertiary/aromatic N) is 5. The van der Waals surface area contributed by atoms with Crippen LogP contribution >= 0.6 is 0 Å². The minimum absolute atomic E-state index is 0.000129. The van der Waals surface area contributed by atoms with Crippen LogP contribution in [-0.4, -0.2) is 88.4 Å². The molecule has 10 nitrogen and oxygen atoms in total. The fraction of sp³-hybridized carbons (Fsp3) is 0.656. The largest absolute Gasteiger partial charge is 0.342 e. The van der Waals surface area contributed by atoms with Crippen molar-refractivity contribution in [3.8, 4) is 5.69 Å². The number of nitrogens with one attached hydrogen (secondary N) is 1. The highest BCUT2D eigenvalue weighted by Gasteiger charge is 2.53. The number of piperazine rings is 1. The first kappa shape index (κ1) is 33.1. The zero-order chi connectivity index (χ0) is 31.5. The van der Waals surface area contributed by atoms with Crippen molar-refractivity contribution in [3.05, 3.63) is 41.2 Å². The highest BCUT2D eigenvalue weighted by molar-refractivity contribution is 7.89. The molecule has 0 bridgehead atoms. The lowest BCUT2D eigenvalue weighted by atomic mass is 9.80. The molecule has 1 aromatic carbocycles. The molecule has 4 rings (SSSR count). The van der Waals surface area contributed by atoms with Gasteiger partial charge in [-0.1, -0.05) is 41.0 Å². The van der Waals surface area contributed by atoms with Crippen LogP contribution < -0.4 is 5.32 Å². The van der Waals surface area contributed by atoms with Crippen LogP contribution in [-0.2, 0) is 26.2 Å². The van der Waals surface area contributed by atoms with E-state index >= 15 is 0 Å². The summed E-state index contributed by atoms with van der Waals surface area (Å²) in [5.41, 5.74) is 3.08. The van der Waals surface area contributed by atoms with Crippen LogP contribution in [0, 0.1) is 19.8 Å². The number of aryl methyl sites for hydroxylation is 1. The van der Waals surface area contributed by atoms with E-state index in [1.807, 2.05) is 37.3 Å². The lowest BCUT2D eigenvalue weighted by Gasteiger charge is -2.52. The fourth-order valence-electron chi connectivity index (χ4n) is 6.58. The number of piperidine rings is 1. The summed E-state index contributed by atoms with van der Waals surface area (Å²) in [4.78, 5) is 31.7. The minimum atomic E-state index is -3.53. The van der Waals surface area contributed by atoms with E-state index in [0.29, 0.717) is 64.4 Å². The predicted molar refractivity (Wildman–Crippen MR) is 168 cm³/mol. The third kappa shape index (κ3) is 6.54. The number of hydrogen-bond acceptors (Lipinski definition) is 6. The second-order valence-corrected chi connectivity index (χ2v) is 14.4. The average molecular weight is 615 g/mol. The molecule has 2 saturated heterocycles. The van der Waals surface area contributed by atoms with Gasteiger partial charge >= 0.3 is 0 Å². The Kier molecular flexibility index (Phi) is 10.4. The van der Waals surface area contributed by atoms with Gasteiger partial charge in [-0.2, -0.15) is 9.40 Å². The smallest absolute Gasteiger partial charge is 0.246 e. The van der Waals surface area contributed by atoms with Crippen molar-refractivity contribution in [1.29, 1.82) is 0 Å². The maximum absolute atomic E-state index is 13.6. The van der Waals surface area contributed by atoms with Crippen molar-refractivity contribution < 1.29 is 18.0 Å². The van der Waals surface area contributed by atoms with Crippen LogP contribution in [0.1, 0.15) is 83.7 Å². The van der Waals surface area contributed by atoms with Crippen molar-refractivity contribution in [2.75, 3.05) is 32.7 Å². The van der Waals surface area contributed by atoms with Crippen LogP contribution in [0.2, 0.25) is 0 Å². The van der Waals surface area contributed by atoms with Crippen molar-refractivity contribution >= 4 is 21.8 Å². The van der Waals surface area contributed by atoms with Crippen molar-refractivity contribution in [3.63, 3.8) is 0 Å². The topological polar surface area (TPSA) is 108 Å². The first-order valence-corrected chi connectivity index (χ1v) is 17.3. The number of carbonyl (C=O) groups excluding carboxylic acids is 2. The molecule has 2 aliphatic heterocycles. The monoisotopic (exact) mass is 614 g/mol. The third-order valence-corrected chi connectivity index (χ3v) is 11.2. The molecule has 2 aromatic rings. The van der Waals surface area contributed by atoms with E-state index in [1.165, 1.54) is 4.31 Å². The van der Waals surface area contributed by atoms with Crippen LogP contribution in [0.3, 0.4) is 0 Å². The summed E-state index contributed by atoms with van der Waals surface area (Å²) in [6.07, 6.45) is 3.74. The van der Waals surface area contributed by atoms with Gasteiger partial charge in [-0.3, -0.25) is 14.5 Å². The molecule has 1 N–H and O–H groups in total. The van der Waals surface area contributed by atoms with Crippen LogP contribution in [0.5, 0.6) is 0 Å². The molecular weight excluding hydrogens is 564 g/mol. The van der Waals surface area contributed by atoms with E-state index in [0.717, 1.165) is 35.5 Å². The Bertz CT molecular complexity index is 1390. The lowest BCUT2D eigenvalue weighted by Crippen LogP contribution is -2.73. The first-order valence-electron chi connectivity index (χ1n) is 15.9. The number of aromatic nitrogens is 2. The third-order valence-electron chi connectivity index (χ3n) is 9.18. The van der Waals surface area contributed by atoms with E-state index in [2.05, 4.69) is 31.0 Å². The number of rotatable bonds is 12. The number of likely N-dealkylation sites (tertiary alicyclic amines) is 1. The molecule has 238 valence electrons. The highest BCUT2D eigenvalue weighted by Crippen LogP contribution is 2.35. The zero-order valence-electron chi connectivity index (χ0n) is 27.0. The molecule has 1 spiro atoms. The number of hydrogen-bond donors (Lipinski definition) is 1. The second kappa shape index (κ2) is 13.5. The van der Waals surface area contributed by atoms with Gasteiger partial charge < -0.3 is 10.2 Å². The van der Waals surface area contributed by atoms with E-state index in [1.54, 1.807) is 24.3 Å². The normalized spacial score (nSPS) is 19.6. The number of carbonyl (C=O) groups is 2. The fourth-order valence-corrected chi connectivity index (χ4v) is 8.03. The first-order chi connectivity index (χ1) is 20.4. The quantitative estimate of drug-likeness (QED) is 0.387. The maximum atomic E-state index is 13.6. The molecule has 1 aromatic heterocycles. The van der Waals surface area contributed by atoms with E-state index in [9.17, 15) is 18.0 Å². The Balaban J connectivity index is 1.49. The van der Waals surface area contributed by atoms with E-state index < -0.39 is 21.6 Å². The predicted octanol–water partition coefficient (Wildman–Crippen LogP) is 4.03. The minimum Gasteiger partial charge on any atom is -0.342 e. The molecular formula is C32H50N6O4S. The van der Waals surface area contributed by atoms with Gasteiger partial charge in [0.2, 0.25) is 21.8 Å². The van der Waals surface area contributed by atoms with E-state index in [4.69, 9.17) is 5.10 Å². The van der Waals surface area contributed by atoms with Gasteiger partial charge in [0.15, 0.2) is 0 Å². The summed E-state index contributed by atoms with van der Waals surface area (Å²) < 4.78 is 29.2. The molecule has 0 saturated carbocycles. The summed E-state index contributed by atoms with van der Waals surface area (Å²) in [5.74, 6) is 0.392. The van der Waals surface area contributed by atoms with Crippen LogP contribution in [0.15, 0.2) is 29.2 Å². The van der Waals surface area contributed by atoms with Gasteiger partial charge in [0.25, 0.3) is 0 Å². The molecule has 1 unspecified atom stereocenters. The molecule has 2 aliphatic rings. The molecule has 0 radical (unpaired) electrons. The summed E-state index contributed by atoms with van der Waals surface area (Å²) in [6, 6.07) is 6.47. The molecule has 2 amide bonds. The molecule has 0 aliphatic carbocycles. The number of benzene rings is 1. The zero-order valence-corrected chi connectivity index (χ0v) is 27.8. The average Bonchev–Trinajstić information content (AvgIpc) is 3.25. The molecule has 1 atom stereocenters. The van der Waals surface area contributed by atoms with Crippen molar-refractivity contribution in [2.24, 2.45) is 5.92 Å². The Hall–Kier alpha value is -2.76. The molecule has 2 fully saturated rings. The maximum Gasteiger partial charge on any atom is 0.246 e.